The van der Waals surface area contributed by atoms with Crippen LogP contribution < -0.4 is 43.7 Å². The number of benzene rings is 6. The molecule has 490 valence electrons. The summed E-state index contributed by atoms with van der Waals surface area (Å²) in [5.74, 6) is 4.90. The minimum absolute atomic E-state index is 0.00749. The fraction of sp³-hybridized carbons (Fsp3) is 0.186. The topological polar surface area (TPSA) is 359 Å². The van der Waals surface area contributed by atoms with Crippen molar-refractivity contribution in [2.45, 2.75) is 52.7 Å². The lowest BCUT2D eigenvalue weighted by molar-refractivity contribution is -0.141. The summed E-state index contributed by atoms with van der Waals surface area (Å²) in [5.41, 5.74) is 21.6. The van der Waals surface area contributed by atoms with Crippen molar-refractivity contribution >= 4 is 101 Å². The highest BCUT2D eigenvalue weighted by Crippen LogP contribution is 2.33. The number of H-pyrrole nitrogens is 3. The zero-order chi connectivity index (χ0) is 67.5. The lowest BCUT2D eigenvalue weighted by Crippen LogP contribution is -2.26. The maximum Gasteiger partial charge on any atom is 0.325 e. The molecule has 6 heterocycles. The number of aromatic amines is 3. The second-order valence-corrected chi connectivity index (χ2v) is 21.7. The average molecular weight is 1350 g/mol. The van der Waals surface area contributed by atoms with Crippen molar-refractivity contribution in [1.29, 1.82) is 0 Å². The maximum atomic E-state index is 11.5. The Morgan fingerprint density at radius 2 is 0.800 bits per heavy atom. The van der Waals surface area contributed by atoms with E-state index in [9.17, 15) is 14.4 Å². The van der Waals surface area contributed by atoms with Crippen LogP contribution in [0.3, 0.4) is 0 Å². The number of carbonyl (C=O) groups excluding carboxylic acids is 3. The van der Waals surface area contributed by atoms with Gasteiger partial charge in [-0.3, -0.25) is 19.6 Å². The minimum atomic E-state index is -0.502. The van der Waals surface area contributed by atoms with Gasteiger partial charge in [0.05, 0.1) is 35.9 Å². The predicted molar refractivity (Wildman–Crippen MR) is 378 cm³/mol. The number of hydrogen-bond donors (Lipinski definition) is 13. The predicted octanol–water partition coefficient (Wildman–Crippen LogP) is 13.1. The fourth-order valence-electron chi connectivity index (χ4n) is 9.73. The number of esters is 2. The molecule has 0 aliphatic rings. The van der Waals surface area contributed by atoms with E-state index in [0.717, 1.165) is 101 Å². The van der Waals surface area contributed by atoms with Gasteiger partial charge in [0.2, 0.25) is 0 Å². The van der Waals surface area contributed by atoms with E-state index in [2.05, 4.69) is 167 Å². The van der Waals surface area contributed by atoms with Crippen LogP contribution in [0.25, 0.3) is 66.9 Å². The van der Waals surface area contributed by atoms with Crippen LogP contribution in [-0.4, -0.2) is 105 Å². The van der Waals surface area contributed by atoms with Crippen LogP contribution in [0.5, 0.6) is 0 Å². The van der Waals surface area contributed by atoms with E-state index in [-0.39, 0.29) is 43.2 Å². The van der Waals surface area contributed by atoms with E-state index >= 15 is 0 Å². The van der Waals surface area contributed by atoms with Gasteiger partial charge in [-0.1, -0.05) is 143 Å². The number of rotatable bonds is 21. The highest BCUT2D eigenvalue weighted by molar-refractivity contribution is 9.09. The molecule has 0 fully saturated rings. The molecule has 0 spiro atoms. The van der Waals surface area contributed by atoms with Crippen molar-refractivity contribution in [3.8, 4) is 33.8 Å². The van der Waals surface area contributed by atoms with E-state index in [0.29, 0.717) is 18.5 Å². The van der Waals surface area contributed by atoms with Gasteiger partial charge in [-0.25, -0.2) is 41.3 Å². The first kappa shape index (κ1) is 69.6. The molecule has 0 aliphatic heterocycles. The fourth-order valence-corrected chi connectivity index (χ4v) is 9.89. The number of nitrogens with one attached hydrogen (secondary N) is 9. The van der Waals surface area contributed by atoms with E-state index in [1.54, 1.807) is 38.3 Å². The summed E-state index contributed by atoms with van der Waals surface area (Å²) in [6, 6.07) is 60.5. The molecule has 0 bridgehead atoms. The van der Waals surface area contributed by atoms with Gasteiger partial charge in [-0.05, 0) is 123 Å². The molecule has 6 aromatic carbocycles. The molecule has 25 heteroatoms. The molecule has 24 nitrogen and oxygen atoms in total. The largest absolute Gasteiger partial charge is 0.465 e. The average Bonchev–Trinajstić information content (AvgIpc) is 1.68. The number of alkyl halides is 1. The third-order valence-electron chi connectivity index (χ3n) is 14.6. The zero-order valence-corrected chi connectivity index (χ0v) is 54.6. The molecule has 0 unspecified atom stereocenters. The quantitative estimate of drug-likeness (QED) is 0.0104. The Morgan fingerprint density at radius 1 is 0.474 bits per heavy atom. The van der Waals surface area contributed by atoms with Gasteiger partial charge in [0.1, 0.15) is 65.3 Å². The molecule has 3 atom stereocenters. The standard InChI is InChI=1S/C24H25N5O2.C22H22N6O2.C20H19N5.C4H7BrO2.H3NO/c1-3-31-22(30)14-25-19-11-9-18(10-12-19)21-13-20-23(26-15-27-24(20)29-21)28-16(2)17-7-5-4-6-8-17;1-14(15-5-3-2-4-6-15)26-21-18-11-19(27-22(18)25-13-24-21)16-7-9-17(10-8-16)23-12-20(29)28-30;1-13(14-5-3-2-4-6-14)24-19-17-11-18(25-20(17)23-12-22-19)15-7-9-16(21)10-8-15;1-2-7-4(6)3-5;1-2/h4-13,15-16,25H,3,14H2,1-2H3,(H2,26,27,28,29);2-11,13-14,23,30H,12H2,1H3,(H,28,29)(H2,24,25,26,27);2-13H,21H2,1H3,(H2,22,23,24,25);2-3H2,1H3;2H,1H2/t16-;14-;13-;;/m111../s1. The van der Waals surface area contributed by atoms with Crippen LogP contribution in [0.2, 0.25) is 0 Å². The number of anilines is 6. The summed E-state index contributed by atoms with van der Waals surface area (Å²) in [6.07, 6.45) is 4.68. The number of ether oxygens (including phenoxy) is 2. The molecule has 0 saturated heterocycles. The first-order chi connectivity index (χ1) is 46.3. The third-order valence-corrected chi connectivity index (χ3v) is 15.0. The SMILES string of the molecule is CCOC(=O)CBr.CCOC(=O)CNc1ccc(-c2cc3c(N[C@H](C)c4ccccc4)ncnc3[nH]2)cc1.C[C@@H](Nc1ncnc2[nH]c(-c3ccc(N)cc3)cc12)c1ccccc1.C[C@@H](Nc1ncnc2[nH]c(-c3ccc(NCC(=O)NO)cc3)cc12)c1ccccc1.NO. The molecule has 0 radical (unpaired) electrons. The smallest absolute Gasteiger partial charge is 0.325 e. The number of fused-ring (bicyclic) bond motifs is 3. The molecule has 0 aliphatic carbocycles. The lowest BCUT2D eigenvalue weighted by Gasteiger charge is -2.15. The number of carbonyl (C=O) groups is 3. The number of amides is 1. The van der Waals surface area contributed by atoms with Crippen LogP contribution >= 0.6 is 15.9 Å². The zero-order valence-electron chi connectivity index (χ0n) is 53.0. The highest BCUT2D eigenvalue weighted by atomic mass is 79.9. The third kappa shape index (κ3) is 19.9. The van der Waals surface area contributed by atoms with Gasteiger partial charge in [0.15, 0.2) is 0 Å². The number of halogens is 1. The normalized spacial score (nSPS) is 11.5. The van der Waals surface area contributed by atoms with Crippen LogP contribution in [-0.2, 0) is 23.9 Å². The van der Waals surface area contributed by atoms with Crippen molar-refractivity contribution in [2.75, 3.05) is 64.0 Å². The van der Waals surface area contributed by atoms with Crippen molar-refractivity contribution < 1.29 is 34.3 Å². The summed E-state index contributed by atoms with van der Waals surface area (Å²) >= 11 is 2.94. The summed E-state index contributed by atoms with van der Waals surface area (Å²) in [4.78, 5) is 69.2. The Kier molecular flexibility index (Phi) is 26.0. The van der Waals surface area contributed by atoms with E-state index < -0.39 is 5.91 Å². The van der Waals surface area contributed by atoms with Crippen LogP contribution in [0, 0.1) is 0 Å². The number of nitrogens with zero attached hydrogens (tertiary/aromatic N) is 6. The van der Waals surface area contributed by atoms with Crippen LogP contribution in [0.4, 0.5) is 34.5 Å². The first-order valence-corrected chi connectivity index (χ1v) is 31.5. The maximum absolute atomic E-state index is 11.5. The van der Waals surface area contributed by atoms with Crippen LogP contribution in [0.1, 0.15) is 69.4 Å². The molecule has 12 rings (SSSR count). The van der Waals surface area contributed by atoms with Gasteiger partial charge >= 0.3 is 11.9 Å². The lowest BCUT2D eigenvalue weighted by atomic mass is 10.1. The van der Waals surface area contributed by atoms with Crippen molar-refractivity contribution in [2.24, 2.45) is 5.90 Å². The Hall–Kier alpha value is -11.3. The Labute approximate surface area is 557 Å². The van der Waals surface area contributed by atoms with E-state index in [4.69, 9.17) is 20.9 Å². The number of hydrogen-bond acceptors (Lipinski definition) is 20. The van der Waals surface area contributed by atoms with Crippen molar-refractivity contribution in [3.05, 3.63) is 218 Å². The van der Waals surface area contributed by atoms with Gasteiger partial charge in [-0.2, -0.15) is 0 Å². The van der Waals surface area contributed by atoms with Crippen LogP contribution in [0.15, 0.2) is 201 Å². The molecule has 12 aromatic rings. The number of nitrogen functional groups attached to an aromatic ring is 1. The summed E-state index contributed by atoms with van der Waals surface area (Å²) in [5, 5.41) is 34.6. The van der Waals surface area contributed by atoms with Crippen molar-refractivity contribution in [1.82, 2.24) is 50.3 Å². The number of aromatic nitrogens is 9. The molecule has 0 saturated carbocycles. The van der Waals surface area contributed by atoms with Gasteiger partial charge in [-0.15, -0.1) is 0 Å². The van der Waals surface area contributed by atoms with E-state index in [1.165, 1.54) is 16.7 Å². The Morgan fingerprint density at radius 3 is 1.12 bits per heavy atom. The van der Waals surface area contributed by atoms with Gasteiger partial charge < -0.3 is 62.0 Å². The minimum Gasteiger partial charge on any atom is -0.465 e. The van der Waals surface area contributed by atoms with Crippen molar-refractivity contribution in [3.63, 3.8) is 0 Å². The highest BCUT2D eigenvalue weighted by Gasteiger charge is 2.17. The molecular weight excluding hydrogens is 1270 g/mol. The Bertz CT molecular complexity index is 4330. The van der Waals surface area contributed by atoms with Gasteiger partial charge in [0.25, 0.3) is 5.91 Å². The van der Waals surface area contributed by atoms with Gasteiger partial charge in [0, 0.05) is 52.3 Å². The second kappa shape index (κ2) is 35.5. The second-order valence-electron chi connectivity index (χ2n) is 21.1. The summed E-state index contributed by atoms with van der Waals surface area (Å²) in [6.45, 7) is 10.9. The first-order valence-electron chi connectivity index (χ1n) is 30.4. The molecular formula is C70H76BrN17O7. The molecule has 15 N–H and O–H groups in total. The molecule has 6 aromatic heterocycles. The van der Waals surface area contributed by atoms with E-state index in [1.807, 2.05) is 133 Å². The summed E-state index contributed by atoms with van der Waals surface area (Å²) < 4.78 is 9.44. The molecule has 1 amide bonds. The number of hydroxylamine groups is 1. The monoisotopic (exact) mass is 1350 g/mol. The Balaban J connectivity index is 0.000000172. The summed E-state index contributed by atoms with van der Waals surface area (Å²) in [7, 11) is 0. The molecule has 95 heavy (non-hydrogen) atoms. The number of nitrogens with two attached hydrogens (primary N) is 2.